The molecule has 0 aromatic heterocycles. The van der Waals surface area contributed by atoms with Crippen LogP contribution < -0.4 is 65.3 Å². The van der Waals surface area contributed by atoms with Gasteiger partial charge in [0.25, 0.3) is 0 Å². The number of anilines is 10. The Morgan fingerprint density at radius 1 is 0.260 bits per heavy atom. The van der Waals surface area contributed by atoms with Crippen molar-refractivity contribution in [3.63, 3.8) is 0 Å². The second-order valence-corrected chi connectivity index (χ2v) is 50.5. The minimum atomic E-state index is -0.190. The number of nitrogens with one attached hydrogen (secondary N) is 5. The maximum atomic E-state index is 13.5. The van der Waals surface area contributed by atoms with Crippen molar-refractivity contribution in [1.29, 1.82) is 0 Å². The molecule has 0 amide bonds. The highest BCUT2D eigenvalue weighted by molar-refractivity contribution is 9.11. The Morgan fingerprint density at radius 2 is 0.560 bits per heavy atom. The fourth-order valence-corrected chi connectivity index (χ4v) is 27.3. The molecule has 10 aliphatic rings. The van der Waals surface area contributed by atoms with Gasteiger partial charge < -0.3 is 65.3 Å². The number of nitrogens with zero attached hydrogens (tertiary/aromatic N) is 5. The molecule has 0 saturated carbocycles. The van der Waals surface area contributed by atoms with E-state index in [1.165, 1.54) is 33.0 Å². The summed E-state index contributed by atoms with van der Waals surface area (Å²) in [5, 5.41) is 20.7. The fraction of sp³-hybridized carbons (Fsp3) is 0.331. The van der Waals surface area contributed by atoms with Crippen molar-refractivity contribution < 1.29 is 38.2 Å². The van der Waals surface area contributed by atoms with Crippen molar-refractivity contribution in [3.8, 4) is 23.0 Å². The fourth-order valence-electron chi connectivity index (χ4n) is 23.5. The van der Waals surface area contributed by atoms with Gasteiger partial charge in [-0.05, 0) is 321 Å². The van der Waals surface area contributed by atoms with Crippen LogP contribution in [0.5, 0.6) is 23.0 Å². The van der Waals surface area contributed by atoms with Crippen LogP contribution in [0.4, 0.5) is 56.9 Å². The van der Waals surface area contributed by atoms with Gasteiger partial charge in [0, 0.05) is 203 Å². The van der Waals surface area contributed by atoms with Gasteiger partial charge in [-0.3, -0.25) is 24.0 Å². The lowest BCUT2D eigenvalue weighted by atomic mass is 9.68. The van der Waals surface area contributed by atoms with E-state index in [0.717, 1.165) is 223 Å². The first-order chi connectivity index (χ1) is 71.1. The predicted octanol–water partition coefficient (Wildman–Crippen LogP) is 32.1. The molecule has 776 valence electrons. The summed E-state index contributed by atoms with van der Waals surface area (Å²) in [5.74, 6) is 4.39. The van der Waals surface area contributed by atoms with Gasteiger partial charge in [-0.25, -0.2) is 0 Å². The summed E-state index contributed by atoms with van der Waals surface area (Å²) in [4.78, 5) is 77.1. The Morgan fingerprint density at radius 3 is 0.920 bits per heavy atom. The van der Waals surface area contributed by atoms with Crippen molar-refractivity contribution in [2.75, 3.05) is 136 Å². The summed E-state index contributed by atoms with van der Waals surface area (Å²) in [5.41, 5.74) is 32.1. The number of benzene rings is 12. The lowest BCUT2D eigenvalue weighted by Crippen LogP contribution is -2.33. The molecule has 23 heteroatoms. The minimum Gasteiger partial charge on any atom is -0.497 e. The largest absolute Gasteiger partial charge is 0.497 e. The molecule has 5 unspecified atom stereocenters. The predicted molar refractivity (Wildman–Crippen MR) is 638 cm³/mol. The van der Waals surface area contributed by atoms with Crippen LogP contribution in [0, 0.1) is 27.1 Å². The van der Waals surface area contributed by atoms with Gasteiger partial charge in [0.1, 0.15) is 23.0 Å². The number of methoxy groups -OCH3 is 2. The number of carbonyl (C=O) groups is 5. The molecular weight excluding hydrogens is 2190 g/mol. The Balaban J connectivity index is 0.000000123. The molecule has 0 radical (unpaired) electrons. The smallest absolute Gasteiger partial charge is 0.162 e. The van der Waals surface area contributed by atoms with Crippen LogP contribution in [0.1, 0.15) is 219 Å². The first kappa shape index (κ1) is 108. The molecule has 150 heavy (non-hydrogen) atoms. The van der Waals surface area contributed by atoms with Gasteiger partial charge in [-0.2, -0.15) is 0 Å². The number of hydrogen-bond acceptors (Lipinski definition) is 18. The molecule has 5 atom stereocenters. The van der Waals surface area contributed by atoms with E-state index in [1.807, 2.05) is 131 Å². The number of halogens is 5. The van der Waals surface area contributed by atoms with Gasteiger partial charge >= 0.3 is 0 Å². The number of para-hydroxylation sites is 3. The van der Waals surface area contributed by atoms with Crippen molar-refractivity contribution in [2.24, 2.45) is 27.1 Å². The van der Waals surface area contributed by atoms with Crippen LogP contribution in [0.2, 0.25) is 0 Å². The normalized spacial score (nSPS) is 19.7. The summed E-state index contributed by atoms with van der Waals surface area (Å²) in [6.45, 7) is 21.8. The lowest BCUT2D eigenvalue weighted by molar-refractivity contribution is -0.118. The van der Waals surface area contributed by atoms with Crippen LogP contribution in [0.15, 0.2) is 287 Å². The zero-order valence-electron chi connectivity index (χ0n) is 89.9. The zero-order chi connectivity index (χ0) is 107. The molecular formula is C127H135Br5N10O8. The number of rotatable bonds is 14. The van der Waals surface area contributed by atoms with E-state index in [-0.39, 0.29) is 86.2 Å². The monoisotopic (exact) mass is 2320 g/mol. The Kier molecular flexibility index (Phi) is 30.7. The third kappa shape index (κ3) is 22.1. The Hall–Kier alpha value is -12.3. The number of allylic oxidation sites excluding steroid dienone is 5. The maximum Gasteiger partial charge on any atom is 0.162 e. The molecule has 5 N–H and O–H groups in total. The second-order valence-electron chi connectivity index (χ2n) is 46.3. The standard InChI is InChI=1S/C29H29BrN2O2.C27H27BrN2O.2C24H27BrN2O2.C23H25BrN2O/c1-29(2)16-22-21-15-20(34-19-8-6-5-7-9-19)11-12-24(21)31-28(27(22)26(33)17-29)18-10-13-25(32(3)4)23(30)14-18;1-27(2)14-20-19-11-9-16-7-5-6-8-18(16)26(19)29-25(24(20)23(31)15-27)17-10-12-22(30(3)4)21(28)13-17;1-24(2)12-17-16-11-15(29-5)7-8-19(16)26-23(22(17)21(28)13-24)14-6-9-20(27(3)4)18(25)10-14;1-24(2)12-16-15-7-6-8-20(29-5)23(15)26-22(21(16)19(28)13-24)14-9-10-18(27(3)4)17(25)11-14;1-23(2)12-16-15-7-5-6-8-18(15)25-22(21(16)20(27)13-23)14-9-10-19(26(3)4)17(24)11-14/h5-15,28,31H,16-17H2,1-4H3;5-13,25,29H,14-15H2,1-4H3;6-11,23,26H,12-13H2,1-5H3;6-11,22,26H,12-13H2,1-5H3;5-11,22,25H,12-13H2,1-4H3. The third-order valence-corrected chi connectivity index (χ3v) is 33.6. The summed E-state index contributed by atoms with van der Waals surface area (Å²) >= 11 is 18.6. The van der Waals surface area contributed by atoms with Crippen LogP contribution in [0.25, 0.3) is 38.6 Å². The molecule has 22 rings (SSSR count). The number of fused-ring (bicyclic) bond motifs is 12. The number of Topliss-reactive ketones (excluding diaryl/α,β-unsaturated/α-hetero) is 5. The maximum absolute atomic E-state index is 13.5. The van der Waals surface area contributed by atoms with E-state index >= 15 is 0 Å². The molecule has 5 heterocycles. The average Bonchev–Trinajstić information content (AvgIpc) is 0.777. The summed E-state index contributed by atoms with van der Waals surface area (Å²) in [6, 6.07) is 80.3. The molecule has 0 saturated heterocycles. The quantitative estimate of drug-likeness (QED) is 0.0690. The third-order valence-electron chi connectivity index (χ3n) is 30.4. The van der Waals surface area contributed by atoms with Gasteiger partial charge in [0.15, 0.2) is 28.9 Å². The second kappa shape index (κ2) is 42.8. The molecule has 0 fully saturated rings. The zero-order valence-corrected chi connectivity index (χ0v) is 97.8. The van der Waals surface area contributed by atoms with E-state index in [1.54, 1.807) is 14.2 Å². The molecule has 18 nitrogen and oxygen atoms in total. The van der Waals surface area contributed by atoms with Crippen molar-refractivity contribution >= 4 is 204 Å². The van der Waals surface area contributed by atoms with E-state index in [0.29, 0.717) is 32.1 Å². The molecule has 5 aliphatic heterocycles. The minimum absolute atomic E-state index is 0.000279. The molecule has 12 aromatic rings. The topological polar surface area (TPSA) is 189 Å². The SMILES string of the molecule is CN(C)c1ccc(C2Nc3c(ccc4ccccc34)C3=C2C(=O)CC(C)(C)C3)cc1Br.CN(C)c1ccc(C2Nc3ccc(Oc4ccccc4)cc3C3=C2C(=O)CC(C)(C)C3)cc1Br.CN(C)c1ccc(C2Nc3ccccc3C3=C2C(=O)CC(C)(C)C3)cc1Br.COc1ccc2c(c1)C1=C(C(=O)CC(C)(C)C1)C(c1ccc(N(C)C)c(Br)c1)N2.COc1cccc2c1NC(c1ccc(N(C)C)c(Br)c1)C1=C2CC(C)(C)CC1=O. The first-order valence-corrected chi connectivity index (χ1v) is 55.4. The van der Waals surface area contributed by atoms with Crippen LogP contribution in [-0.4, -0.2) is 114 Å². The lowest BCUT2D eigenvalue weighted by Gasteiger charge is -2.40. The average molecular weight is 2330 g/mol. The molecule has 5 aliphatic carbocycles. The summed E-state index contributed by atoms with van der Waals surface area (Å²) in [6.07, 6.45) is 7.33. The molecule has 12 aromatic carbocycles. The number of ether oxygens (including phenoxy) is 3. The highest BCUT2D eigenvalue weighted by Crippen LogP contribution is 2.60. The first-order valence-electron chi connectivity index (χ1n) is 51.5. The number of carbonyl (C=O) groups excluding carboxylic acids is 5. The van der Waals surface area contributed by atoms with E-state index in [9.17, 15) is 24.0 Å². The highest BCUT2D eigenvalue weighted by Gasteiger charge is 2.48. The van der Waals surface area contributed by atoms with Gasteiger partial charge in [-0.15, -0.1) is 0 Å². The van der Waals surface area contributed by atoms with Gasteiger partial charge in [0.2, 0.25) is 0 Å². The summed E-state index contributed by atoms with van der Waals surface area (Å²) in [7, 11) is 23.6. The van der Waals surface area contributed by atoms with Crippen molar-refractivity contribution in [2.45, 2.75) is 164 Å². The van der Waals surface area contributed by atoms with Crippen molar-refractivity contribution in [1.82, 2.24) is 0 Å². The molecule has 0 spiro atoms. The highest BCUT2D eigenvalue weighted by atomic mass is 79.9. The van der Waals surface area contributed by atoms with Gasteiger partial charge in [-0.1, -0.05) is 184 Å². The van der Waals surface area contributed by atoms with Crippen molar-refractivity contribution in [3.05, 3.63) is 342 Å². The summed E-state index contributed by atoms with van der Waals surface area (Å²) < 4.78 is 22.3. The van der Waals surface area contributed by atoms with E-state index < -0.39 is 0 Å². The van der Waals surface area contributed by atoms with Gasteiger partial charge in [0.05, 0.1) is 84.2 Å². The Labute approximate surface area is 926 Å². The van der Waals surface area contributed by atoms with E-state index in [2.05, 4.69) is 376 Å². The van der Waals surface area contributed by atoms with Crippen LogP contribution in [0.3, 0.4) is 0 Å². The van der Waals surface area contributed by atoms with Crippen LogP contribution >= 0.6 is 79.6 Å². The Bertz CT molecular complexity index is 7560. The van der Waals surface area contributed by atoms with E-state index in [4.69, 9.17) is 14.2 Å². The number of hydrogen-bond donors (Lipinski definition) is 5. The number of ketones is 5. The van der Waals surface area contributed by atoms with Crippen LogP contribution in [-0.2, 0) is 24.0 Å². The molecule has 0 bridgehead atoms.